The quantitative estimate of drug-likeness (QED) is 0.196. The largest absolute Gasteiger partial charge is 0.368 e. The molecule has 0 bridgehead atoms. The first-order valence-corrected chi connectivity index (χ1v) is 11.0. The molecule has 146 valence electrons. The van der Waals surface area contributed by atoms with E-state index in [-0.39, 0.29) is 0 Å². The third kappa shape index (κ3) is 20.0. The van der Waals surface area contributed by atoms with Crippen molar-refractivity contribution in [3.8, 4) is 0 Å². The predicted octanol–water partition coefficient (Wildman–Crippen LogP) is 6.97. The summed E-state index contributed by atoms with van der Waals surface area (Å²) < 4.78 is 0. The summed E-state index contributed by atoms with van der Waals surface area (Å²) in [5.74, 6) is 0.633. The van der Waals surface area contributed by atoms with Crippen LogP contribution in [0.1, 0.15) is 129 Å². The van der Waals surface area contributed by atoms with Gasteiger partial charge in [-0.15, -0.1) is 0 Å². The zero-order valence-electron chi connectivity index (χ0n) is 16.8. The van der Waals surface area contributed by atoms with Gasteiger partial charge in [0.05, 0.1) is 0 Å². The van der Waals surface area contributed by atoms with E-state index in [1.165, 1.54) is 103 Å². The maximum atomic E-state index is 8.86. The summed E-state index contributed by atoms with van der Waals surface area (Å²) in [5.41, 5.74) is 0. The van der Waals surface area contributed by atoms with E-state index in [9.17, 15) is 0 Å². The topological polar surface area (TPSA) is 40.5 Å². The minimum absolute atomic E-state index is 0.528. The van der Waals surface area contributed by atoms with Gasteiger partial charge in [0.15, 0.2) is 6.29 Å². The first-order valence-electron chi connectivity index (χ1n) is 11.0. The van der Waals surface area contributed by atoms with E-state index in [1.54, 1.807) is 0 Å². The lowest BCUT2D eigenvalue weighted by molar-refractivity contribution is -0.0487. The van der Waals surface area contributed by atoms with Gasteiger partial charge in [-0.25, -0.2) is 0 Å². The fourth-order valence-corrected chi connectivity index (χ4v) is 3.44. The Labute approximate surface area is 152 Å². The lowest BCUT2D eigenvalue weighted by Crippen LogP contribution is -2.06. The van der Waals surface area contributed by atoms with Gasteiger partial charge in [0.25, 0.3) is 0 Å². The molecule has 0 amide bonds. The highest BCUT2D eigenvalue weighted by molar-refractivity contribution is 4.56. The van der Waals surface area contributed by atoms with Crippen LogP contribution in [-0.2, 0) is 0 Å². The summed E-state index contributed by atoms with van der Waals surface area (Å²) in [7, 11) is 0. The van der Waals surface area contributed by atoms with E-state index < -0.39 is 6.29 Å². The minimum atomic E-state index is -1.12. The van der Waals surface area contributed by atoms with Crippen LogP contribution >= 0.6 is 0 Å². The molecule has 0 aliphatic heterocycles. The molecule has 0 heterocycles. The van der Waals surface area contributed by atoms with Gasteiger partial charge >= 0.3 is 0 Å². The molecule has 24 heavy (non-hydrogen) atoms. The van der Waals surface area contributed by atoms with E-state index in [0.717, 1.165) is 6.42 Å². The zero-order chi connectivity index (χ0) is 17.9. The number of unbranched alkanes of at least 4 members (excludes halogenated alkanes) is 14. The van der Waals surface area contributed by atoms with E-state index in [4.69, 9.17) is 10.2 Å². The lowest BCUT2D eigenvalue weighted by atomic mass is 9.97. The van der Waals surface area contributed by atoms with Crippen LogP contribution < -0.4 is 0 Å². The molecule has 0 fully saturated rings. The molecule has 2 N–H and O–H groups in total. The first kappa shape index (κ1) is 23.9. The highest BCUT2D eigenvalue weighted by Gasteiger charge is 2.05. The van der Waals surface area contributed by atoms with E-state index in [1.807, 2.05) is 0 Å². The summed E-state index contributed by atoms with van der Waals surface area (Å²) in [5, 5.41) is 17.7. The molecule has 1 unspecified atom stereocenters. The second-order valence-corrected chi connectivity index (χ2v) is 7.90. The summed E-state index contributed by atoms with van der Waals surface area (Å²) in [4.78, 5) is 0. The van der Waals surface area contributed by atoms with Crippen molar-refractivity contribution in [1.29, 1.82) is 0 Å². The molecule has 1 atom stereocenters. The number of hydrogen-bond acceptors (Lipinski definition) is 2. The molecule has 0 spiro atoms. The average Bonchev–Trinajstić information content (AvgIpc) is 2.56. The Morgan fingerprint density at radius 1 is 0.500 bits per heavy atom. The normalized spacial score (nSPS) is 12.9. The number of aliphatic hydroxyl groups excluding tert-OH is 1. The van der Waals surface area contributed by atoms with Gasteiger partial charge < -0.3 is 10.2 Å². The van der Waals surface area contributed by atoms with Crippen LogP contribution in [0.25, 0.3) is 0 Å². The Hall–Kier alpha value is -0.0800. The third-order valence-corrected chi connectivity index (χ3v) is 5.22. The first-order chi connectivity index (χ1) is 11.7. The monoisotopic (exact) mass is 342 g/mol. The second-order valence-electron chi connectivity index (χ2n) is 7.90. The smallest absolute Gasteiger partial charge is 0.151 e. The highest BCUT2D eigenvalue weighted by atomic mass is 16.5. The van der Waals surface area contributed by atoms with Crippen molar-refractivity contribution < 1.29 is 10.2 Å². The Balaban J connectivity index is 3.07. The minimum Gasteiger partial charge on any atom is -0.368 e. The van der Waals surface area contributed by atoms with Crippen molar-refractivity contribution in [2.75, 3.05) is 0 Å². The van der Waals surface area contributed by atoms with Crippen molar-refractivity contribution in [2.45, 2.75) is 136 Å². The molecule has 0 aromatic rings. The summed E-state index contributed by atoms with van der Waals surface area (Å²) in [6.45, 7) is 4.51. The number of hydrogen-bond donors (Lipinski definition) is 2. The van der Waals surface area contributed by atoms with Crippen LogP contribution in [0.4, 0.5) is 0 Å². The van der Waals surface area contributed by atoms with E-state index in [0.29, 0.717) is 12.3 Å². The van der Waals surface area contributed by atoms with Crippen LogP contribution in [0.15, 0.2) is 0 Å². The van der Waals surface area contributed by atoms with Gasteiger partial charge in [0.1, 0.15) is 0 Å². The molecule has 0 aliphatic carbocycles. The summed E-state index contributed by atoms with van der Waals surface area (Å²) >= 11 is 0. The van der Waals surface area contributed by atoms with Crippen LogP contribution in [0.3, 0.4) is 0 Å². The lowest BCUT2D eigenvalue weighted by Gasteiger charge is -2.11. The molecule has 0 radical (unpaired) electrons. The molecular formula is C22H46O2. The van der Waals surface area contributed by atoms with Crippen LogP contribution in [0.5, 0.6) is 0 Å². The van der Waals surface area contributed by atoms with E-state index >= 15 is 0 Å². The van der Waals surface area contributed by atoms with Gasteiger partial charge in [-0.05, 0) is 18.8 Å². The average molecular weight is 343 g/mol. The maximum Gasteiger partial charge on any atom is 0.151 e. The van der Waals surface area contributed by atoms with Crippen LogP contribution in [-0.4, -0.2) is 16.5 Å². The Morgan fingerprint density at radius 3 is 1.25 bits per heavy atom. The zero-order valence-corrected chi connectivity index (χ0v) is 16.8. The van der Waals surface area contributed by atoms with Crippen molar-refractivity contribution >= 4 is 0 Å². The van der Waals surface area contributed by atoms with Crippen molar-refractivity contribution in [2.24, 2.45) is 5.92 Å². The molecular weight excluding hydrogens is 296 g/mol. The SMILES string of the molecule is CCCCCCCCCCCCCCCCCC(C)CCC(O)O. The van der Waals surface area contributed by atoms with Gasteiger partial charge in [-0.3, -0.25) is 0 Å². The van der Waals surface area contributed by atoms with Crippen LogP contribution in [0.2, 0.25) is 0 Å². The third-order valence-electron chi connectivity index (χ3n) is 5.22. The molecule has 0 rings (SSSR count). The Morgan fingerprint density at radius 2 is 0.875 bits per heavy atom. The Kier molecular flexibility index (Phi) is 19.2. The van der Waals surface area contributed by atoms with Gasteiger partial charge in [-0.1, -0.05) is 117 Å². The van der Waals surface area contributed by atoms with Crippen molar-refractivity contribution in [1.82, 2.24) is 0 Å². The van der Waals surface area contributed by atoms with Crippen molar-refractivity contribution in [3.63, 3.8) is 0 Å². The maximum absolute atomic E-state index is 8.86. The standard InChI is InChI=1S/C22H46O2/c1-3-4-5-6-7-8-9-10-11-12-13-14-15-16-17-18-21(2)19-20-22(23)24/h21-24H,3-20H2,1-2H3. The van der Waals surface area contributed by atoms with E-state index in [2.05, 4.69) is 13.8 Å². The second kappa shape index (κ2) is 19.2. The van der Waals surface area contributed by atoms with Crippen LogP contribution in [0, 0.1) is 5.92 Å². The Bertz CT molecular complexity index is 228. The molecule has 0 saturated heterocycles. The predicted molar refractivity (Wildman–Crippen MR) is 106 cm³/mol. The van der Waals surface area contributed by atoms with Gasteiger partial charge in [0.2, 0.25) is 0 Å². The molecule has 2 nitrogen and oxygen atoms in total. The molecule has 0 aromatic heterocycles. The summed E-state index contributed by atoms with van der Waals surface area (Å²) in [6.07, 6.45) is 22.8. The summed E-state index contributed by atoms with van der Waals surface area (Å²) in [6, 6.07) is 0. The number of rotatable bonds is 19. The van der Waals surface area contributed by atoms with Gasteiger partial charge in [-0.2, -0.15) is 0 Å². The fraction of sp³-hybridized carbons (Fsp3) is 1.00. The molecule has 2 heteroatoms. The number of aliphatic hydroxyl groups is 2. The molecule has 0 aromatic carbocycles. The molecule has 0 aliphatic rings. The van der Waals surface area contributed by atoms with Gasteiger partial charge in [0, 0.05) is 0 Å². The molecule has 0 saturated carbocycles. The highest BCUT2D eigenvalue weighted by Crippen LogP contribution is 2.17. The fourth-order valence-electron chi connectivity index (χ4n) is 3.44. The van der Waals surface area contributed by atoms with Crippen molar-refractivity contribution in [3.05, 3.63) is 0 Å².